The zero-order chi connectivity index (χ0) is 24.0. The number of sulfonamides is 1. The van der Waals surface area contributed by atoms with Crippen LogP contribution in [0.5, 0.6) is 0 Å². The molecule has 3 aromatic heterocycles. The standard InChI is InChI=1S/C22H24N6O4S2/c1-14-6-4-5-7-18(14)21-24-28-19(29)12-17(23-22(28)33-21)13-26-8-10-27(11-9-26)34(30,31)20-15(2)25-32-16(20)3/h4-7,12H,8-11,13H2,1-3H3. The van der Waals surface area contributed by atoms with Crippen LogP contribution in [0.3, 0.4) is 0 Å². The molecule has 0 saturated carbocycles. The number of fused-ring (bicyclic) bond motifs is 1. The molecule has 0 spiro atoms. The highest BCUT2D eigenvalue weighted by Gasteiger charge is 2.33. The molecule has 5 rings (SSSR count). The van der Waals surface area contributed by atoms with Crippen LogP contribution in [0.15, 0.2) is 44.5 Å². The van der Waals surface area contributed by atoms with Crippen LogP contribution in [-0.2, 0) is 16.6 Å². The first-order valence-corrected chi connectivity index (χ1v) is 13.1. The molecule has 4 heterocycles. The molecule has 12 heteroatoms. The Labute approximate surface area is 200 Å². The Kier molecular flexibility index (Phi) is 5.84. The summed E-state index contributed by atoms with van der Waals surface area (Å²) in [5.41, 5.74) is 2.85. The molecule has 1 aromatic carbocycles. The van der Waals surface area contributed by atoms with Crippen molar-refractivity contribution in [2.45, 2.75) is 32.2 Å². The third-order valence-corrected chi connectivity index (χ3v) is 9.04. The molecule has 34 heavy (non-hydrogen) atoms. The van der Waals surface area contributed by atoms with Gasteiger partial charge in [0.05, 0.1) is 5.69 Å². The van der Waals surface area contributed by atoms with E-state index in [1.165, 1.54) is 26.2 Å². The minimum atomic E-state index is -3.66. The van der Waals surface area contributed by atoms with Crippen LogP contribution < -0.4 is 5.56 Å². The van der Waals surface area contributed by atoms with Gasteiger partial charge in [0, 0.05) is 44.4 Å². The van der Waals surface area contributed by atoms with E-state index in [4.69, 9.17) is 4.52 Å². The minimum absolute atomic E-state index is 0.149. The summed E-state index contributed by atoms with van der Waals surface area (Å²) in [4.78, 5) is 20.1. The zero-order valence-electron chi connectivity index (χ0n) is 19.1. The molecule has 1 aliphatic rings. The number of piperazine rings is 1. The van der Waals surface area contributed by atoms with Gasteiger partial charge in [-0.15, -0.1) is 0 Å². The summed E-state index contributed by atoms with van der Waals surface area (Å²) in [5.74, 6) is 0.299. The Morgan fingerprint density at radius 2 is 1.82 bits per heavy atom. The van der Waals surface area contributed by atoms with E-state index in [2.05, 4.69) is 20.1 Å². The summed E-state index contributed by atoms with van der Waals surface area (Å²) < 4.78 is 33.9. The van der Waals surface area contributed by atoms with Crippen molar-refractivity contribution in [3.63, 3.8) is 0 Å². The van der Waals surface area contributed by atoms with E-state index in [9.17, 15) is 13.2 Å². The first-order chi connectivity index (χ1) is 16.2. The Bertz CT molecular complexity index is 1510. The van der Waals surface area contributed by atoms with Crippen molar-refractivity contribution in [2.75, 3.05) is 26.2 Å². The van der Waals surface area contributed by atoms with Crippen LogP contribution >= 0.6 is 11.3 Å². The van der Waals surface area contributed by atoms with Gasteiger partial charge in [0.15, 0.2) is 5.76 Å². The summed E-state index contributed by atoms with van der Waals surface area (Å²) >= 11 is 1.38. The van der Waals surface area contributed by atoms with Crippen molar-refractivity contribution in [1.29, 1.82) is 0 Å². The van der Waals surface area contributed by atoms with E-state index in [1.54, 1.807) is 13.8 Å². The monoisotopic (exact) mass is 500 g/mol. The van der Waals surface area contributed by atoms with Gasteiger partial charge >= 0.3 is 0 Å². The Hall–Kier alpha value is -2.93. The molecule has 4 aromatic rings. The van der Waals surface area contributed by atoms with Gasteiger partial charge in [-0.05, 0) is 26.3 Å². The van der Waals surface area contributed by atoms with Crippen LogP contribution in [0.4, 0.5) is 0 Å². The van der Waals surface area contributed by atoms with Crippen molar-refractivity contribution in [3.05, 3.63) is 63.4 Å². The van der Waals surface area contributed by atoms with E-state index in [-0.39, 0.29) is 10.5 Å². The maximum Gasteiger partial charge on any atom is 0.275 e. The molecular weight excluding hydrogens is 476 g/mol. The number of benzene rings is 1. The lowest BCUT2D eigenvalue weighted by molar-refractivity contribution is 0.180. The Morgan fingerprint density at radius 1 is 1.09 bits per heavy atom. The lowest BCUT2D eigenvalue weighted by Gasteiger charge is -2.33. The van der Waals surface area contributed by atoms with Gasteiger partial charge in [0.2, 0.25) is 15.0 Å². The lowest BCUT2D eigenvalue weighted by Crippen LogP contribution is -2.48. The van der Waals surface area contributed by atoms with Crippen LogP contribution in [0.1, 0.15) is 22.7 Å². The van der Waals surface area contributed by atoms with E-state index >= 15 is 0 Å². The predicted molar refractivity (Wildman–Crippen MR) is 127 cm³/mol. The summed E-state index contributed by atoms with van der Waals surface area (Å²) in [6, 6.07) is 9.40. The fourth-order valence-corrected chi connectivity index (χ4v) is 6.92. The molecule has 0 bridgehead atoms. The van der Waals surface area contributed by atoms with Crippen LogP contribution in [0.25, 0.3) is 15.5 Å². The average molecular weight is 501 g/mol. The zero-order valence-corrected chi connectivity index (χ0v) is 20.7. The molecule has 0 radical (unpaired) electrons. The molecule has 1 saturated heterocycles. The second-order valence-corrected chi connectivity index (χ2v) is 11.2. The second-order valence-electron chi connectivity index (χ2n) is 8.34. The van der Waals surface area contributed by atoms with Crippen molar-refractivity contribution in [2.24, 2.45) is 0 Å². The molecule has 10 nitrogen and oxygen atoms in total. The van der Waals surface area contributed by atoms with E-state index < -0.39 is 10.0 Å². The molecule has 0 unspecified atom stereocenters. The molecule has 0 N–H and O–H groups in total. The molecule has 1 aliphatic heterocycles. The van der Waals surface area contributed by atoms with E-state index in [0.717, 1.165) is 16.1 Å². The SMILES string of the molecule is Cc1ccccc1-c1nn2c(=O)cc(CN3CCN(S(=O)(=O)c4c(C)noc4C)CC3)nc2s1. The van der Waals surface area contributed by atoms with Crippen molar-refractivity contribution in [3.8, 4) is 10.6 Å². The van der Waals surface area contributed by atoms with Gasteiger partial charge in [-0.2, -0.15) is 13.9 Å². The maximum absolute atomic E-state index is 13.0. The van der Waals surface area contributed by atoms with Crippen molar-refractivity contribution < 1.29 is 12.9 Å². The molecule has 178 valence electrons. The van der Waals surface area contributed by atoms with Gasteiger partial charge in [0.1, 0.15) is 15.6 Å². The average Bonchev–Trinajstić information content (AvgIpc) is 3.38. The highest BCUT2D eigenvalue weighted by Crippen LogP contribution is 2.27. The third-order valence-electron chi connectivity index (χ3n) is 5.96. The van der Waals surface area contributed by atoms with Gasteiger partial charge in [-0.3, -0.25) is 9.69 Å². The third kappa shape index (κ3) is 4.06. The number of aryl methyl sites for hydroxylation is 3. The number of hydrogen-bond donors (Lipinski definition) is 0. The minimum Gasteiger partial charge on any atom is -0.360 e. The fourth-order valence-electron chi connectivity index (χ4n) is 4.19. The van der Waals surface area contributed by atoms with Crippen LogP contribution in [-0.4, -0.2) is 63.6 Å². The largest absolute Gasteiger partial charge is 0.360 e. The van der Waals surface area contributed by atoms with Crippen LogP contribution in [0, 0.1) is 20.8 Å². The molecular formula is C22H24N6O4S2. The van der Waals surface area contributed by atoms with Crippen molar-refractivity contribution in [1.82, 2.24) is 29.0 Å². The summed E-state index contributed by atoms with van der Waals surface area (Å²) in [7, 11) is -3.66. The van der Waals surface area contributed by atoms with Crippen molar-refractivity contribution >= 4 is 26.3 Å². The number of rotatable bonds is 5. The summed E-state index contributed by atoms with van der Waals surface area (Å²) in [6.45, 7) is 7.44. The molecule has 0 amide bonds. The molecule has 1 fully saturated rings. The first kappa shape index (κ1) is 22.8. The summed E-state index contributed by atoms with van der Waals surface area (Å²) in [5, 5.41) is 8.99. The number of aromatic nitrogens is 4. The highest BCUT2D eigenvalue weighted by atomic mass is 32.2. The smallest absolute Gasteiger partial charge is 0.275 e. The van der Waals surface area contributed by atoms with E-state index in [1.807, 2.05) is 31.2 Å². The number of nitrogens with zero attached hydrogens (tertiary/aromatic N) is 6. The quantitative estimate of drug-likeness (QED) is 0.410. The predicted octanol–water partition coefficient (Wildman–Crippen LogP) is 2.24. The topological polar surface area (TPSA) is 114 Å². The second kappa shape index (κ2) is 8.69. The van der Waals surface area contributed by atoms with Gasteiger partial charge < -0.3 is 4.52 Å². The van der Waals surface area contributed by atoms with Gasteiger partial charge in [-0.25, -0.2) is 13.4 Å². The van der Waals surface area contributed by atoms with E-state index in [0.29, 0.717) is 54.8 Å². The van der Waals surface area contributed by atoms with Crippen LogP contribution in [0.2, 0.25) is 0 Å². The Morgan fingerprint density at radius 3 is 2.50 bits per heavy atom. The van der Waals surface area contributed by atoms with Gasteiger partial charge in [0.25, 0.3) is 5.56 Å². The molecule has 0 atom stereocenters. The highest BCUT2D eigenvalue weighted by molar-refractivity contribution is 7.89. The fraction of sp³-hybridized carbons (Fsp3) is 0.364. The normalized spacial score (nSPS) is 15.9. The van der Waals surface area contributed by atoms with Gasteiger partial charge in [-0.1, -0.05) is 40.8 Å². The summed E-state index contributed by atoms with van der Waals surface area (Å²) in [6.07, 6.45) is 0. The Balaban J connectivity index is 1.32. The maximum atomic E-state index is 13.0. The molecule has 0 aliphatic carbocycles. The number of hydrogen-bond acceptors (Lipinski definition) is 9. The lowest BCUT2D eigenvalue weighted by atomic mass is 10.1. The first-order valence-electron chi connectivity index (χ1n) is 10.9.